The molecule has 2 heterocycles. The second-order valence-electron chi connectivity index (χ2n) is 5.93. The minimum absolute atomic E-state index is 0.0105. The van der Waals surface area contributed by atoms with Gasteiger partial charge in [-0.2, -0.15) is 8.78 Å². The number of primary amides is 1. The van der Waals surface area contributed by atoms with Crippen molar-refractivity contribution in [3.8, 4) is 11.7 Å². The summed E-state index contributed by atoms with van der Waals surface area (Å²) in [5, 5.41) is 6.72. The van der Waals surface area contributed by atoms with Crippen molar-refractivity contribution in [3.63, 3.8) is 0 Å². The average molecular weight is 456 g/mol. The Morgan fingerprint density at radius 1 is 1.27 bits per heavy atom. The first kappa shape index (κ1) is 21.5. The summed E-state index contributed by atoms with van der Waals surface area (Å²) < 4.78 is 30.5. The third kappa shape index (κ3) is 4.50. The van der Waals surface area contributed by atoms with Gasteiger partial charge in [-0.3, -0.25) is 9.59 Å². The first-order valence-electron chi connectivity index (χ1n) is 8.24. The van der Waals surface area contributed by atoms with Crippen molar-refractivity contribution in [1.82, 2.24) is 14.8 Å². The Kier molecular flexibility index (Phi) is 6.18. The largest absolute Gasteiger partial charge is 0.415 e. The molecule has 0 aliphatic heterocycles. The van der Waals surface area contributed by atoms with E-state index in [4.69, 9.17) is 28.9 Å². The van der Waals surface area contributed by atoms with Crippen molar-refractivity contribution in [2.75, 3.05) is 5.32 Å². The molecule has 0 saturated heterocycles. The lowest BCUT2D eigenvalue weighted by atomic mass is 10.1. The van der Waals surface area contributed by atoms with E-state index in [0.29, 0.717) is 5.56 Å². The van der Waals surface area contributed by atoms with E-state index >= 15 is 0 Å². The smallest absolute Gasteiger partial charge is 0.388 e. The maximum atomic E-state index is 13.0. The highest BCUT2D eigenvalue weighted by molar-refractivity contribution is 6.32. The Morgan fingerprint density at radius 2 is 2.00 bits per heavy atom. The number of ether oxygens (including phenoxy) is 1. The van der Waals surface area contributed by atoms with Gasteiger partial charge in [0.1, 0.15) is 5.69 Å². The maximum Gasteiger partial charge on any atom is 0.388 e. The lowest BCUT2D eigenvalue weighted by Crippen LogP contribution is -2.21. The number of anilines is 1. The molecule has 0 aliphatic carbocycles. The number of amides is 2. The Morgan fingerprint density at radius 3 is 2.63 bits per heavy atom. The molecule has 30 heavy (non-hydrogen) atoms. The van der Waals surface area contributed by atoms with Crippen LogP contribution in [0.3, 0.4) is 0 Å². The molecule has 0 unspecified atom stereocenters. The number of aryl methyl sites for hydroxylation is 1. The quantitative estimate of drug-likeness (QED) is 0.586. The van der Waals surface area contributed by atoms with Gasteiger partial charge in [0.2, 0.25) is 5.88 Å². The van der Waals surface area contributed by atoms with E-state index in [0.717, 1.165) is 10.7 Å². The summed E-state index contributed by atoms with van der Waals surface area (Å²) in [6.45, 7) is -1.56. The molecule has 0 aliphatic rings. The summed E-state index contributed by atoms with van der Waals surface area (Å²) >= 11 is 12.0. The number of pyridine rings is 1. The monoisotopic (exact) mass is 455 g/mol. The minimum Gasteiger partial charge on any atom is -0.415 e. The number of carbonyl (C=O) groups is 2. The zero-order chi connectivity index (χ0) is 22.0. The number of aromatic nitrogens is 3. The zero-order valence-corrected chi connectivity index (χ0v) is 16.7. The highest BCUT2D eigenvalue weighted by Crippen LogP contribution is 2.28. The van der Waals surface area contributed by atoms with Crippen molar-refractivity contribution in [2.24, 2.45) is 5.73 Å². The molecule has 12 heteroatoms. The summed E-state index contributed by atoms with van der Waals surface area (Å²) in [6, 6.07) is 6.82. The lowest BCUT2D eigenvalue weighted by molar-refractivity contribution is -0.0530. The number of rotatable bonds is 6. The predicted molar refractivity (Wildman–Crippen MR) is 106 cm³/mol. The Hall–Kier alpha value is -3.24. The second-order valence-corrected chi connectivity index (χ2v) is 6.77. The number of halogens is 4. The molecule has 8 nitrogen and oxygen atoms in total. The molecule has 1 aromatic carbocycles. The van der Waals surface area contributed by atoms with Crippen LogP contribution in [-0.2, 0) is 0 Å². The van der Waals surface area contributed by atoms with Crippen LogP contribution in [0.5, 0.6) is 5.88 Å². The molecule has 2 aromatic heterocycles. The van der Waals surface area contributed by atoms with Crippen LogP contribution in [0.25, 0.3) is 5.82 Å². The van der Waals surface area contributed by atoms with E-state index < -0.39 is 24.3 Å². The van der Waals surface area contributed by atoms with Crippen LogP contribution < -0.4 is 15.8 Å². The third-order valence-electron chi connectivity index (χ3n) is 3.87. The Balaban J connectivity index is 2.08. The lowest BCUT2D eigenvalue weighted by Gasteiger charge is -2.13. The van der Waals surface area contributed by atoms with Crippen LogP contribution in [0.4, 0.5) is 14.5 Å². The van der Waals surface area contributed by atoms with E-state index in [2.05, 4.69) is 20.1 Å². The van der Waals surface area contributed by atoms with Crippen LogP contribution >= 0.6 is 23.2 Å². The second kappa shape index (κ2) is 8.64. The zero-order valence-electron chi connectivity index (χ0n) is 15.2. The Labute approximate surface area is 178 Å². The number of carbonyl (C=O) groups excluding carboxylic acids is 2. The van der Waals surface area contributed by atoms with Gasteiger partial charge >= 0.3 is 6.61 Å². The normalized spacial score (nSPS) is 10.9. The van der Waals surface area contributed by atoms with Gasteiger partial charge in [-0.05, 0) is 36.8 Å². The minimum atomic E-state index is -3.16. The number of hydrogen-bond donors (Lipinski definition) is 2. The van der Waals surface area contributed by atoms with Gasteiger partial charge in [-0.1, -0.05) is 23.2 Å². The van der Waals surface area contributed by atoms with E-state index in [1.807, 2.05) is 0 Å². The SMILES string of the molecule is Cc1cc(Cl)cc(C(N)=O)c1NC(=O)c1cc(OC(F)F)nn1-c1ncccc1Cl. The van der Waals surface area contributed by atoms with Crippen molar-refractivity contribution in [1.29, 1.82) is 0 Å². The third-order valence-corrected chi connectivity index (χ3v) is 4.39. The summed E-state index contributed by atoms with van der Waals surface area (Å²) in [7, 11) is 0. The number of hydrogen-bond acceptors (Lipinski definition) is 5. The van der Waals surface area contributed by atoms with Crippen molar-refractivity contribution < 1.29 is 23.1 Å². The molecule has 0 atom stereocenters. The van der Waals surface area contributed by atoms with Crippen LogP contribution in [0.2, 0.25) is 10.0 Å². The van der Waals surface area contributed by atoms with E-state index in [-0.39, 0.29) is 32.8 Å². The number of benzene rings is 1. The van der Waals surface area contributed by atoms with Crippen LogP contribution in [0.15, 0.2) is 36.5 Å². The van der Waals surface area contributed by atoms with Crippen molar-refractivity contribution in [2.45, 2.75) is 13.5 Å². The van der Waals surface area contributed by atoms with Crippen LogP contribution in [-0.4, -0.2) is 33.2 Å². The van der Waals surface area contributed by atoms with E-state index in [1.54, 1.807) is 13.0 Å². The van der Waals surface area contributed by atoms with Gasteiger partial charge in [0.15, 0.2) is 5.82 Å². The number of nitrogens with zero attached hydrogens (tertiary/aromatic N) is 3. The molecule has 3 N–H and O–H groups in total. The standard InChI is InChI=1S/C18H13Cl2F2N5O3/c1-8-5-9(19)6-10(15(23)28)14(8)25-17(29)12-7-13(30-18(21)22)26-27(12)16-11(20)3-2-4-24-16/h2-7,18H,1H3,(H2,23,28)(H,25,29). The van der Waals surface area contributed by atoms with Gasteiger partial charge in [0.05, 0.1) is 16.3 Å². The van der Waals surface area contributed by atoms with Crippen molar-refractivity contribution >= 4 is 40.7 Å². The fourth-order valence-electron chi connectivity index (χ4n) is 2.65. The first-order chi connectivity index (χ1) is 14.2. The highest BCUT2D eigenvalue weighted by Gasteiger charge is 2.23. The molecule has 0 radical (unpaired) electrons. The van der Waals surface area contributed by atoms with Crippen LogP contribution in [0, 0.1) is 6.92 Å². The predicted octanol–water partition coefficient (Wildman–Crippen LogP) is 3.84. The number of alkyl halides is 2. The fourth-order valence-corrected chi connectivity index (χ4v) is 3.12. The molecule has 0 saturated carbocycles. The molecule has 3 aromatic rings. The van der Waals surface area contributed by atoms with Gasteiger partial charge in [0.25, 0.3) is 11.8 Å². The van der Waals surface area contributed by atoms with E-state index in [1.165, 1.54) is 24.4 Å². The maximum absolute atomic E-state index is 13.0. The number of nitrogens with two attached hydrogens (primary N) is 1. The Bertz CT molecular complexity index is 1140. The van der Waals surface area contributed by atoms with Crippen molar-refractivity contribution in [3.05, 3.63) is 63.4 Å². The summed E-state index contributed by atoms with van der Waals surface area (Å²) in [6.07, 6.45) is 1.38. The summed E-state index contributed by atoms with van der Waals surface area (Å²) in [5.74, 6) is -2.14. The topological polar surface area (TPSA) is 112 Å². The van der Waals surface area contributed by atoms with Gasteiger partial charge in [0, 0.05) is 17.3 Å². The molecule has 2 amide bonds. The average Bonchev–Trinajstić information content (AvgIpc) is 3.06. The molecule has 0 spiro atoms. The summed E-state index contributed by atoms with van der Waals surface area (Å²) in [4.78, 5) is 28.7. The molecule has 3 rings (SSSR count). The van der Waals surface area contributed by atoms with Gasteiger partial charge in [-0.15, -0.1) is 5.10 Å². The molecular weight excluding hydrogens is 443 g/mol. The number of nitrogens with one attached hydrogen (secondary N) is 1. The van der Waals surface area contributed by atoms with Crippen LogP contribution in [0.1, 0.15) is 26.4 Å². The van der Waals surface area contributed by atoms with Gasteiger partial charge < -0.3 is 15.8 Å². The molecular formula is C18H13Cl2F2N5O3. The van der Waals surface area contributed by atoms with E-state index in [9.17, 15) is 18.4 Å². The summed E-state index contributed by atoms with van der Waals surface area (Å²) in [5.41, 5.74) is 5.67. The first-order valence-corrected chi connectivity index (χ1v) is 9.00. The molecule has 0 fully saturated rings. The molecule has 156 valence electrons. The molecule has 0 bridgehead atoms. The fraction of sp³-hybridized carbons (Fsp3) is 0.111. The van der Waals surface area contributed by atoms with Gasteiger partial charge in [-0.25, -0.2) is 9.67 Å². The highest BCUT2D eigenvalue weighted by atomic mass is 35.5.